The van der Waals surface area contributed by atoms with Gasteiger partial charge in [0, 0.05) is 18.5 Å². The smallest absolute Gasteiger partial charge is 0.320 e. The quantitative estimate of drug-likeness (QED) is 0.748. The zero-order valence-corrected chi connectivity index (χ0v) is 9.37. The molecular formula is C10H11N3O2S. The van der Waals surface area contributed by atoms with Crippen molar-refractivity contribution in [3.63, 3.8) is 0 Å². The van der Waals surface area contributed by atoms with Gasteiger partial charge in [-0.3, -0.25) is 10.1 Å². The molecule has 1 aromatic heterocycles. The maximum atomic E-state index is 11.6. The van der Waals surface area contributed by atoms with E-state index in [4.69, 9.17) is 0 Å². The van der Waals surface area contributed by atoms with Crippen molar-refractivity contribution < 1.29 is 9.59 Å². The molecule has 16 heavy (non-hydrogen) atoms. The van der Waals surface area contributed by atoms with Crippen molar-refractivity contribution >= 4 is 23.5 Å². The van der Waals surface area contributed by atoms with Crippen LogP contribution in [0.3, 0.4) is 0 Å². The lowest BCUT2D eigenvalue weighted by Gasteiger charge is -2.22. The molecule has 0 unspecified atom stereocenters. The first kappa shape index (κ1) is 10.8. The van der Waals surface area contributed by atoms with Gasteiger partial charge in [-0.2, -0.15) is 0 Å². The van der Waals surface area contributed by atoms with Gasteiger partial charge < -0.3 is 4.90 Å². The molecule has 0 spiro atoms. The fraction of sp³-hybridized carbons (Fsp3) is 0.300. The van der Waals surface area contributed by atoms with E-state index in [1.165, 1.54) is 17.7 Å². The molecule has 2 rings (SSSR count). The fourth-order valence-corrected chi connectivity index (χ4v) is 1.91. The summed E-state index contributed by atoms with van der Waals surface area (Å²) in [5, 5.41) is 3.94. The lowest BCUT2D eigenvalue weighted by Crippen LogP contribution is -2.44. The zero-order chi connectivity index (χ0) is 11.4. The zero-order valence-electron chi connectivity index (χ0n) is 8.55. The standard InChI is InChI=1S/C10H11N3O2S/c14-9(8-6-11-16-7-8)12-10(15)13-4-2-1-3-5-13/h1-2,6-7H,3-5H2,(H,12,14,15). The lowest BCUT2D eigenvalue weighted by atomic mass is 10.2. The number of nitrogens with zero attached hydrogens (tertiary/aromatic N) is 2. The van der Waals surface area contributed by atoms with E-state index < -0.39 is 5.91 Å². The third kappa shape index (κ3) is 2.46. The Morgan fingerprint density at radius 2 is 2.31 bits per heavy atom. The second-order valence-corrected chi connectivity index (χ2v) is 4.04. The molecule has 0 aromatic carbocycles. The maximum absolute atomic E-state index is 11.6. The molecule has 5 nitrogen and oxygen atoms in total. The van der Waals surface area contributed by atoms with E-state index in [2.05, 4.69) is 9.69 Å². The minimum absolute atomic E-state index is 0.347. The molecule has 0 saturated heterocycles. The van der Waals surface area contributed by atoms with Gasteiger partial charge in [0.2, 0.25) is 0 Å². The van der Waals surface area contributed by atoms with Crippen LogP contribution < -0.4 is 5.32 Å². The minimum Gasteiger partial charge on any atom is -0.320 e. The highest BCUT2D eigenvalue weighted by atomic mass is 32.1. The van der Waals surface area contributed by atoms with Crippen molar-refractivity contribution in [2.75, 3.05) is 13.1 Å². The molecule has 1 aliphatic rings. The molecule has 0 fully saturated rings. The van der Waals surface area contributed by atoms with Crippen LogP contribution in [0.5, 0.6) is 0 Å². The van der Waals surface area contributed by atoms with Gasteiger partial charge in [-0.25, -0.2) is 9.17 Å². The van der Waals surface area contributed by atoms with E-state index in [1.807, 2.05) is 12.2 Å². The van der Waals surface area contributed by atoms with Crippen LogP contribution >= 0.6 is 11.5 Å². The SMILES string of the molecule is O=C(NC(=O)N1CC=CCC1)c1cnsc1. The molecule has 0 atom stereocenters. The molecule has 0 radical (unpaired) electrons. The van der Waals surface area contributed by atoms with Crippen molar-refractivity contribution in [1.29, 1.82) is 0 Å². The van der Waals surface area contributed by atoms with E-state index in [-0.39, 0.29) is 6.03 Å². The van der Waals surface area contributed by atoms with Crippen LogP contribution in [0.15, 0.2) is 23.7 Å². The Kier molecular flexibility index (Phi) is 3.31. The summed E-state index contributed by atoms with van der Waals surface area (Å²) >= 11 is 1.18. The number of hydrogen-bond acceptors (Lipinski definition) is 4. The van der Waals surface area contributed by atoms with Gasteiger partial charge >= 0.3 is 6.03 Å². The van der Waals surface area contributed by atoms with Crippen LogP contribution in [0.1, 0.15) is 16.8 Å². The molecule has 1 N–H and O–H groups in total. The Hall–Kier alpha value is -1.69. The molecule has 3 amide bonds. The molecule has 6 heteroatoms. The Balaban J connectivity index is 1.92. The van der Waals surface area contributed by atoms with Crippen LogP contribution in [-0.2, 0) is 0 Å². The lowest BCUT2D eigenvalue weighted by molar-refractivity contribution is 0.0953. The number of urea groups is 1. The largest absolute Gasteiger partial charge is 0.324 e. The summed E-state index contributed by atoms with van der Waals surface area (Å²) in [7, 11) is 0. The van der Waals surface area contributed by atoms with Crippen molar-refractivity contribution in [3.05, 3.63) is 29.3 Å². The predicted octanol–water partition coefficient (Wildman–Crippen LogP) is 1.25. The number of hydrogen-bond donors (Lipinski definition) is 1. The molecule has 0 aliphatic carbocycles. The normalized spacial score (nSPS) is 14.9. The highest BCUT2D eigenvalue weighted by Crippen LogP contribution is 2.04. The van der Waals surface area contributed by atoms with Gasteiger partial charge in [0.15, 0.2) is 0 Å². The Morgan fingerprint density at radius 3 is 2.94 bits per heavy atom. The molecule has 84 valence electrons. The summed E-state index contributed by atoms with van der Waals surface area (Å²) in [6.45, 7) is 1.21. The van der Waals surface area contributed by atoms with Gasteiger partial charge in [-0.05, 0) is 18.0 Å². The first-order valence-corrected chi connectivity index (χ1v) is 5.75. The van der Waals surface area contributed by atoms with Gasteiger partial charge in [0.05, 0.1) is 11.8 Å². The van der Waals surface area contributed by atoms with Gasteiger partial charge in [0.25, 0.3) is 5.91 Å². The Labute approximate surface area is 96.9 Å². The number of rotatable bonds is 1. The summed E-state index contributed by atoms with van der Waals surface area (Å²) in [6.07, 6.45) is 6.22. The number of amides is 3. The second kappa shape index (κ2) is 4.89. The van der Waals surface area contributed by atoms with E-state index in [0.29, 0.717) is 18.7 Å². The van der Waals surface area contributed by atoms with Gasteiger partial charge in [-0.15, -0.1) is 0 Å². The van der Waals surface area contributed by atoms with Crippen molar-refractivity contribution in [1.82, 2.24) is 14.6 Å². The molecular weight excluding hydrogens is 226 g/mol. The van der Waals surface area contributed by atoms with Crippen molar-refractivity contribution in [2.45, 2.75) is 6.42 Å². The summed E-state index contributed by atoms with van der Waals surface area (Å²) in [5.41, 5.74) is 0.422. The monoisotopic (exact) mass is 237 g/mol. The molecule has 0 saturated carbocycles. The third-order valence-electron chi connectivity index (χ3n) is 2.26. The van der Waals surface area contributed by atoms with Crippen molar-refractivity contribution in [2.24, 2.45) is 0 Å². The van der Waals surface area contributed by atoms with Crippen LogP contribution in [0.2, 0.25) is 0 Å². The number of nitrogens with one attached hydrogen (secondary N) is 1. The number of imide groups is 1. The third-order valence-corrected chi connectivity index (χ3v) is 2.85. The first-order chi connectivity index (χ1) is 7.77. The second-order valence-electron chi connectivity index (χ2n) is 3.38. The first-order valence-electron chi connectivity index (χ1n) is 4.92. The topological polar surface area (TPSA) is 62.3 Å². The highest BCUT2D eigenvalue weighted by molar-refractivity contribution is 7.03. The molecule has 1 aromatic rings. The van der Waals surface area contributed by atoms with Crippen molar-refractivity contribution in [3.8, 4) is 0 Å². The highest BCUT2D eigenvalue weighted by Gasteiger charge is 2.17. The van der Waals surface area contributed by atoms with E-state index >= 15 is 0 Å². The molecule has 1 aliphatic heterocycles. The average molecular weight is 237 g/mol. The van der Waals surface area contributed by atoms with Crippen LogP contribution in [0.4, 0.5) is 4.79 Å². The molecule has 2 heterocycles. The average Bonchev–Trinajstić information content (AvgIpc) is 2.83. The van der Waals surface area contributed by atoms with Gasteiger partial charge in [-0.1, -0.05) is 12.2 Å². The van der Waals surface area contributed by atoms with E-state index in [0.717, 1.165) is 6.42 Å². The summed E-state index contributed by atoms with van der Waals surface area (Å²) in [6, 6.07) is -0.347. The minimum atomic E-state index is -0.395. The molecule has 0 bridgehead atoms. The Morgan fingerprint density at radius 1 is 1.44 bits per heavy atom. The number of carbonyl (C=O) groups excluding carboxylic acids is 2. The van der Waals surface area contributed by atoms with Crippen LogP contribution in [0, 0.1) is 0 Å². The summed E-state index contributed by atoms with van der Waals surface area (Å²) in [4.78, 5) is 24.8. The summed E-state index contributed by atoms with van der Waals surface area (Å²) < 4.78 is 3.81. The van der Waals surface area contributed by atoms with Crippen LogP contribution in [0.25, 0.3) is 0 Å². The van der Waals surface area contributed by atoms with E-state index in [1.54, 1.807) is 10.3 Å². The predicted molar refractivity (Wildman–Crippen MR) is 60.3 cm³/mol. The maximum Gasteiger partial charge on any atom is 0.324 e. The Bertz CT molecular complexity index is 414. The fourth-order valence-electron chi connectivity index (χ4n) is 1.39. The number of aromatic nitrogens is 1. The number of carbonyl (C=O) groups is 2. The van der Waals surface area contributed by atoms with Gasteiger partial charge in [0.1, 0.15) is 0 Å². The van der Waals surface area contributed by atoms with Crippen LogP contribution in [-0.4, -0.2) is 34.3 Å². The van der Waals surface area contributed by atoms with E-state index in [9.17, 15) is 9.59 Å². The summed E-state index contributed by atoms with van der Waals surface area (Å²) in [5.74, 6) is -0.395.